The number of amides is 1. The molecule has 34 heavy (non-hydrogen) atoms. The number of rotatable bonds is 6. The Bertz CT molecular complexity index is 1530. The molecule has 0 aliphatic heterocycles. The number of imidazole rings is 1. The molecule has 11 nitrogen and oxygen atoms in total. The number of halogens is 2. The first kappa shape index (κ1) is 21.3. The molecule has 0 radical (unpaired) electrons. The highest BCUT2D eigenvalue weighted by atomic mass is 32.1. The average Bonchev–Trinajstić information content (AvgIpc) is 3.62. The molecule has 5 aromatic heterocycles. The van der Waals surface area contributed by atoms with Gasteiger partial charge in [-0.1, -0.05) is 5.21 Å². The fraction of sp³-hybridized carbons (Fsp3) is 0.150. The summed E-state index contributed by atoms with van der Waals surface area (Å²) in [6, 6.07) is 6.43. The van der Waals surface area contributed by atoms with E-state index < -0.39 is 24.1 Å². The summed E-state index contributed by atoms with van der Waals surface area (Å²) < 4.78 is 29.8. The zero-order valence-corrected chi connectivity index (χ0v) is 18.2. The van der Waals surface area contributed by atoms with Crippen molar-refractivity contribution in [3.8, 4) is 22.3 Å². The van der Waals surface area contributed by atoms with Gasteiger partial charge in [-0.2, -0.15) is 5.26 Å². The van der Waals surface area contributed by atoms with Crippen LogP contribution in [0.25, 0.3) is 21.9 Å². The number of nitriles is 1. The number of H-pyrrole nitrogens is 1. The van der Waals surface area contributed by atoms with Crippen molar-refractivity contribution in [2.24, 2.45) is 0 Å². The number of pyridine rings is 1. The fourth-order valence-electron chi connectivity index (χ4n) is 3.42. The van der Waals surface area contributed by atoms with Crippen molar-refractivity contribution >= 4 is 22.9 Å². The third-order valence-corrected chi connectivity index (χ3v) is 6.05. The van der Waals surface area contributed by atoms with Gasteiger partial charge in [0.15, 0.2) is 11.5 Å². The van der Waals surface area contributed by atoms with Crippen LogP contribution in [0.3, 0.4) is 0 Å². The van der Waals surface area contributed by atoms with Gasteiger partial charge in [0.05, 0.1) is 34.6 Å². The Kier molecular flexibility index (Phi) is 5.30. The van der Waals surface area contributed by atoms with E-state index in [4.69, 9.17) is 0 Å². The molecule has 0 saturated heterocycles. The van der Waals surface area contributed by atoms with Crippen molar-refractivity contribution in [1.29, 1.82) is 5.26 Å². The number of hydrogen-bond donors (Lipinski definition) is 2. The number of aromatic amines is 1. The van der Waals surface area contributed by atoms with Crippen molar-refractivity contribution in [3.63, 3.8) is 0 Å². The van der Waals surface area contributed by atoms with Gasteiger partial charge in [-0.3, -0.25) is 9.20 Å². The van der Waals surface area contributed by atoms with E-state index in [-0.39, 0.29) is 16.9 Å². The zero-order valence-electron chi connectivity index (χ0n) is 17.3. The zero-order chi connectivity index (χ0) is 23.8. The van der Waals surface area contributed by atoms with Crippen LogP contribution in [-0.4, -0.2) is 45.5 Å². The smallest absolute Gasteiger partial charge is 0.282 e. The topological polar surface area (TPSA) is 142 Å². The van der Waals surface area contributed by atoms with E-state index in [9.17, 15) is 18.8 Å². The quantitative estimate of drug-likeness (QED) is 0.380. The lowest BCUT2D eigenvalue weighted by molar-refractivity contribution is 0.0938. The summed E-state index contributed by atoms with van der Waals surface area (Å²) in [5.74, 6) is -0.0221. The standard InChI is InChI=1S/C20H14F2N10OS/c1-10(18-25-9-27-29-18)28-20(33)11-4-13(32-15(17(21)22)7-26-30-32)19-24-6-14(31(19)8-11)16-3-2-12(5-23)34-16/h2-4,6-10,17H,1H3,(H,28,33)(H,25,27,29)/t10-/m0/s1. The number of hydrogen-bond acceptors (Lipinski definition) is 8. The fourth-order valence-corrected chi connectivity index (χ4v) is 4.23. The molecule has 0 unspecified atom stereocenters. The number of carbonyl (C=O) groups excluding carboxylic acids is 1. The highest BCUT2D eigenvalue weighted by Crippen LogP contribution is 2.31. The molecule has 0 spiro atoms. The second-order valence-electron chi connectivity index (χ2n) is 7.17. The van der Waals surface area contributed by atoms with E-state index in [1.54, 1.807) is 35.9 Å². The molecule has 0 fully saturated rings. The predicted molar refractivity (Wildman–Crippen MR) is 115 cm³/mol. The Morgan fingerprint density at radius 3 is 2.85 bits per heavy atom. The Hall–Kier alpha value is -4.51. The van der Waals surface area contributed by atoms with Gasteiger partial charge in [-0.15, -0.1) is 26.6 Å². The first-order valence-electron chi connectivity index (χ1n) is 9.83. The SMILES string of the molecule is C[C@H](NC(=O)c1cc(-n2nncc2C(F)F)c2ncc(-c3ccc(C#N)s3)n2c1)c1nnc[nH]1. The number of nitrogens with zero attached hydrogens (tertiary/aromatic N) is 8. The number of aromatic nitrogens is 8. The van der Waals surface area contributed by atoms with Gasteiger partial charge in [0.1, 0.15) is 28.7 Å². The molecule has 0 saturated carbocycles. The van der Waals surface area contributed by atoms with Crippen LogP contribution in [0.4, 0.5) is 8.78 Å². The molecule has 2 N–H and O–H groups in total. The van der Waals surface area contributed by atoms with Crippen LogP contribution in [-0.2, 0) is 0 Å². The van der Waals surface area contributed by atoms with Gasteiger partial charge >= 0.3 is 0 Å². The van der Waals surface area contributed by atoms with Gasteiger partial charge in [-0.05, 0) is 25.1 Å². The summed E-state index contributed by atoms with van der Waals surface area (Å²) in [4.78, 5) is 21.5. The first-order valence-corrected chi connectivity index (χ1v) is 10.6. The van der Waals surface area contributed by atoms with Gasteiger partial charge in [0.2, 0.25) is 0 Å². The van der Waals surface area contributed by atoms with E-state index in [0.717, 1.165) is 15.8 Å². The number of carbonyl (C=O) groups is 1. The number of alkyl halides is 2. The maximum absolute atomic E-state index is 13.6. The van der Waals surface area contributed by atoms with E-state index in [0.29, 0.717) is 16.4 Å². The van der Waals surface area contributed by atoms with Crippen LogP contribution in [0.2, 0.25) is 0 Å². The normalized spacial score (nSPS) is 12.2. The first-order chi connectivity index (χ1) is 16.5. The summed E-state index contributed by atoms with van der Waals surface area (Å²) in [6.45, 7) is 1.72. The van der Waals surface area contributed by atoms with Crippen molar-refractivity contribution in [2.75, 3.05) is 0 Å². The highest BCUT2D eigenvalue weighted by molar-refractivity contribution is 7.15. The van der Waals surface area contributed by atoms with Crippen LogP contribution in [0.5, 0.6) is 0 Å². The number of thiophene rings is 1. The molecule has 0 aromatic carbocycles. The van der Waals surface area contributed by atoms with E-state index >= 15 is 0 Å². The van der Waals surface area contributed by atoms with Crippen molar-refractivity contribution in [2.45, 2.75) is 19.4 Å². The lowest BCUT2D eigenvalue weighted by Crippen LogP contribution is -2.28. The Morgan fingerprint density at radius 2 is 2.15 bits per heavy atom. The van der Waals surface area contributed by atoms with Crippen molar-refractivity contribution in [1.82, 2.24) is 44.9 Å². The molecule has 14 heteroatoms. The van der Waals surface area contributed by atoms with Crippen LogP contribution >= 0.6 is 11.3 Å². The molecule has 1 atom stereocenters. The van der Waals surface area contributed by atoms with E-state index in [1.807, 2.05) is 0 Å². The third kappa shape index (κ3) is 3.67. The van der Waals surface area contributed by atoms with Crippen LogP contribution in [0.15, 0.2) is 43.1 Å². The van der Waals surface area contributed by atoms with E-state index in [2.05, 4.69) is 41.9 Å². The van der Waals surface area contributed by atoms with Gasteiger partial charge in [0.25, 0.3) is 12.3 Å². The molecule has 1 amide bonds. The number of fused-ring (bicyclic) bond motifs is 1. The Balaban J connectivity index is 1.66. The summed E-state index contributed by atoms with van der Waals surface area (Å²) in [6.07, 6.45) is 2.61. The minimum absolute atomic E-state index is 0.149. The molecule has 5 aromatic rings. The maximum atomic E-state index is 13.6. The van der Waals surface area contributed by atoms with E-state index in [1.165, 1.54) is 23.7 Å². The minimum atomic E-state index is -2.84. The lowest BCUT2D eigenvalue weighted by Gasteiger charge is -2.14. The Morgan fingerprint density at radius 1 is 1.29 bits per heavy atom. The van der Waals surface area contributed by atoms with Crippen LogP contribution < -0.4 is 5.32 Å². The maximum Gasteiger partial charge on any atom is 0.282 e. The van der Waals surface area contributed by atoms with Crippen molar-refractivity contribution < 1.29 is 13.6 Å². The second-order valence-corrected chi connectivity index (χ2v) is 8.25. The highest BCUT2D eigenvalue weighted by Gasteiger charge is 2.23. The largest absolute Gasteiger partial charge is 0.342 e. The summed E-state index contributed by atoms with van der Waals surface area (Å²) >= 11 is 1.24. The minimum Gasteiger partial charge on any atom is -0.342 e. The lowest BCUT2D eigenvalue weighted by atomic mass is 10.2. The van der Waals surface area contributed by atoms with Gasteiger partial charge in [-0.25, -0.2) is 18.4 Å². The summed E-state index contributed by atoms with van der Waals surface area (Å²) in [7, 11) is 0. The molecule has 5 rings (SSSR count). The molecule has 170 valence electrons. The van der Waals surface area contributed by atoms with Crippen LogP contribution in [0.1, 0.15) is 46.1 Å². The molecular weight excluding hydrogens is 466 g/mol. The molecular formula is C20H14F2N10OS. The monoisotopic (exact) mass is 480 g/mol. The summed E-state index contributed by atoms with van der Waals surface area (Å²) in [5.41, 5.74) is 0.743. The molecule has 0 aliphatic carbocycles. The molecule has 0 aliphatic rings. The van der Waals surface area contributed by atoms with Crippen molar-refractivity contribution in [3.05, 3.63) is 65.1 Å². The van der Waals surface area contributed by atoms with Crippen LogP contribution in [0, 0.1) is 11.3 Å². The second kappa shape index (κ2) is 8.45. The number of nitrogens with one attached hydrogen (secondary N) is 2. The van der Waals surface area contributed by atoms with Gasteiger partial charge in [0, 0.05) is 6.20 Å². The average molecular weight is 480 g/mol. The summed E-state index contributed by atoms with van der Waals surface area (Å²) in [5, 5.41) is 27.0. The predicted octanol–water partition coefficient (Wildman–Crippen LogP) is 3.06. The molecule has 5 heterocycles. The third-order valence-electron chi connectivity index (χ3n) is 5.04. The van der Waals surface area contributed by atoms with Gasteiger partial charge < -0.3 is 10.3 Å². The molecule has 0 bridgehead atoms. The Labute approximate surface area is 193 Å².